The molecule has 110 valence electrons. The van der Waals surface area contributed by atoms with Crippen molar-refractivity contribution in [2.45, 2.75) is 6.18 Å². The Kier molecular flexibility index (Phi) is 3.55. The average Bonchev–Trinajstić information content (AvgIpc) is 2.86. The Morgan fingerprint density at radius 3 is 2.30 bits per heavy atom. The van der Waals surface area contributed by atoms with E-state index in [1.54, 1.807) is 0 Å². The minimum atomic E-state index is -4.89. The number of carbonyl (C=O) groups is 2. The van der Waals surface area contributed by atoms with E-state index in [0.29, 0.717) is 4.90 Å². The molecule has 1 aromatic rings. The Balaban J connectivity index is 1.97. The lowest BCUT2D eigenvalue weighted by molar-refractivity contribution is -0.185. The zero-order valence-electron chi connectivity index (χ0n) is 10.1. The average molecular weight is 293 g/mol. The van der Waals surface area contributed by atoms with Crippen molar-refractivity contribution in [3.63, 3.8) is 0 Å². The molecule has 0 spiro atoms. The molecule has 20 heavy (non-hydrogen) atoms. The molecule has 0 saturated carbocycles. The van der Waals surface area contributed by atoms with Gasteiger partial charge in [-0.2, -0.15) is 13.2 Å². The van der Waals surface area contributed by atoms with Crippen LogP contribution in [0.2, 0.25) is 0 Å². The molecule has 0 aromatic carbocycles. The van der Waals surface area contributed by atoms with Gasteiger partial charge in [0.1, 0.15) is 0 Å². The number of hydrogen-bond donors (Lipinski definition) is 1. The molecule has 1 N–H and O–H groups in total. The van der Waals surface area contributed by atoms with E-state index in [4.69, 9.17) is 9.52 Å². The first-order chi connectivity index (χ1) is 9.29. The normalized spacial score (nSPS) is 16.4. The Bertz CT molecular complexity index is 520. The fraction of sp³-hybridized carbons (Fsp3) is 0.500. The number of nitrogens with zero attached hydrogens (tertiary/aromatic N) is 3. The third kappa shape index (κ3) is 2.83. The van der Waals surface area contributed by atoms with Crippen LogP contribution in [0.4, 0.5) is 19.2 Å². The van der Waals surface area contributed by atoms with Crippen molar-refractivity contribution in [3.8, 4) is 0 Å². The first kappa shape index (κ1) is 14.2. The van der Waals surface area contributed by atoms with E-state index in [-0.39, 0.29) is 38.0 Å². The number of amides is 1. The highest BCUT2D eigenvalue weighted by molar-refractivity contribution is 5.84. The first-order valence-electron chi connectivity index (χ1n) is 5.59. The van der Waals surface area contributed by atoms with Crippen LogP contribution in [0.3, 0.4) is 0 Å². The van der Waals surface area contributed by atoms with Crippen LogP contribution in [0.25, 0.3) is 0 Å². The fourth-order valence-electron chi connectivity index (χ4n) is 1.79. The summed E-state index contributed by atoms with van der Waals surface area (Å²) in [7, 11) is 0. The largest absolute Gasteiger partial charge is 0.475 e. The number of carbonyl (C=O) groups excluding carboxylic acids is 1. The standard InChI is InChI=1S/C10H10F3N3O4/c11-10(12,13)8(19)15-1-3-16(4-2-15)9-14-5-6(20-9)7(17)18/h5H,1-4H2,(H,17,18). The van der Waals surface area contributed by atoms with Crippen molar-refractivity contribution in [2.75, 3.05) is 31.1 Å². The molecule has 0 radical (unpaired) electrons. The molecular weight excluding hydrogens is 283 g/mol. The lowest BCUT2D eigenvalue weighted by Crippen LogP contribution is -2.52. The highest BCUT2D eigenvalue weighted by atomic mass is 19.4. The van der Waals surface area contributed by atoms with Crippen LogP contribution < -0.4 is 4.90 Å². The number of rotatable bonds is 2. The molecule has 1 fully saturated rings. The Morgan fingerprint density at radius 2 is 1.85 bits per heavy atom. The van der Waals surface area contributed by atoms with Crippen LogP contribution in [0, 0.1) is 0 Å². The summed E-state index contributed by atoms with van der Waals surface area (Å²) in [6.45, 7) is -0.102. The van der Waals surface area contributed by atoms with E-state index in [0.717, 1.165) is 6.20 Å². The maximum absolute atomic E-state index is 12.2. The van der Waals surface area contributed by atoms with Gasteiger partial charge in [0.05, 0.1) is 6.20 Å². The van der Waals surface area contributed by atoms with Crippen LogP contribution >= 0.6 is 0 Å². The van der Waals surface area contributed by atoms with Crippen LogP contribution in [-0.2, 0) is 4.79 Å². The van der Waals surface area contributed by atoms with Crippen molar-refractivity contribution in [2.24, 2.45) is 0 Å². The van der Waals surface area contributed by atoms with E-state index in [9.17, 15) is 22.8 Å². The molecule has 0 aliphatic carbocycles. The minimum absolute atomic E-state index is 0.0153. The molecular formula is C10H10F3N3O4. The molecule has 1 saturated heterocycles. The summed E-state index contributed by atoms with van der Waals surface area (Å²) in [6.07, 6.45) is -3.87. The summed E-state index contributed by atoms with van der Waals surface area (Å²) < 4.78 is 41.7. The third-order valence-corrected chi connectivity index (χ3v) is 2.78. The smallest absolute Gasteiger partial charge is 0.471 e. The molecule has 1 aliphatic rings. The lowest BCUT2D eigenvalue weighted by atomic mass is 10.3. The zero-order valence-corrected chi connectivity index (χ0v) is 10.1. The number of anilines is 1. The number of carboxylic acids is 1. The van der Waals surface area contributed by atoms with E-state index < -0.39 is 18.1 Å². The van der Waals surface area contributed by atoms with Crippen molar-refractivity contribution >= 4 is 17.9 Å². The second-order valence-corrected chi connectivity index (χ2v) is 4.09. The van der Waals surface area contributed by atoms with Gasteiger partial charge in [-0.1, -0.05) is 0 Å². The lowest BCUT2D eigenvalue weighted by Gasteiger charge is -2.34. The quantitative estimate of drug-likeness (QED) is 0.858. The number of alkyl halides is 3. The van der Waals surface area contributed by atoms with Crippen molar-refractivity contribution in [3.05, 3.63) is 12.0 Å². The second-order valence-electron chi connectivity index (χ2n) is 4.09. The van der Waals surface area contributed by atoms with Gasteiger partial charge in [-0.25, -0.2) is 9.78 Å². The Labute approximate surface area is 110 Å². The molecule has 10 heteroatoms. The molecule has 0 bridgehead atoms. The molecule has 7 nitrogen and oxygen atoms in total. The Morgan fingerprint density at radius 1 is 1.25 bits per heavy atom. The van der Waals surface area contributed by atoms with Crippen LogP contribution in [0.15, 0.2) is 10.6 Å². The van der Waals surface area contributed by atoms with Gasteiger partial charge in [0.2, 0.25) is 5.76 Å². The molecule has 1 aromatic heterocycles. The highest BCUT2D eigenvalue weighted by Crippen LogP contribution is 2.21. The number of oxazole rings is 1. The summed E-state index contributed by atoms with van der Waals surface area (Å²) in [4.78, 5) is 27.5. The van der Waals surface area contributed by atoms with Gasteiger partial charge >= 0.3 is 18.1 Å². The number of aromatic carboxylic acids is 1. The summed E-state index contributed by atoms with van der Waals surface area (Å²) in [5.74, 6) is -3.51. The third-order valence-electron chi connectivity index (χ3n) is 2.78. The highest BCUT2D eigenvalue weighted by Gasteiger charge is 2.43. The van der Waals surface area contributed by atoms with E-state index in [1.165, 1.54) is 4.90 Å². The predicted octanol–water partition coefficient (Wildman–Crippen LogP) is 0.584. The Hall–Kier alpha value is -2.26. The zero-order chi connectivity index (χ0) is 14.9. The second kappa shape index (κ2) is 5.02. The van der Waals surface area contributed by atoms with Gasteiger partial charge < -0.3 is 19.3 Å². The van der Waals surface area contributed by atoms with Gasteiger partial charge in [-0.05, 0) is 0 Å². The van der Waals surface area contributed by atoms with Gasteiger partial charge in [-0.3, -0.25) is 4.79 Å². The number of aromatic nitrogens is 1. The summed E-state index contributed by atoms with van der Waals surface area (Å²) in [6, 6.07) is 0.0153. The van der Waals surface area contributed by atoms with Gasteiger partial charge in [0.15, 0.2) is 0 Å². The number of halogens is 3. The van der Waals surface area contributed by atoms with Crippen LogP contribution in [0.5, 0.6) is 0 Å². The van der Waals surface area contributed by atoms with E-state index >= 15 is 0 Å². The maximum Gasteiger partial charge on any atom is 0.471 e. The molecule has 0 unspecified atom stereocenters. The van der Waals surface area contributed by atoms with Gasteiger partial charge in [0, 0.05) is 26.2 Å². The number of piperazine rings is 1. The summed E-state index contributed by atoms with van der Waals surface area (Å²) in [5.41, 5.74) is 0. The predicted molar refractivity (Wildman–Crippen MR) is 58.3 cm³/mol. The maximum atomic E-state index is 12.2. The van der Waals surface area contributed by atoms with Crippen LogP contribution in [0.1, 0.15) is 10.6 Å². The van der Waals surface area contributed by atoms with Crippen molar-refractivity contribution < 1.29 is 32.3 Å². The number of carboxylic acid groups (broad SMARTS) is 1. The fourth-order valence-corrected chi connectivity index (χ4v) is 1.79. The monoisotopic (exact) mass is 293 g/mol. The van der Waals surface area contributed by atoms with Crippen LogP contribution in [-0.4, -0.2) is 59.2 Å². The molecule has 1 aliphatic heterocycles. The molecule has 1 amide bonds. The molecule has 2 heterocycles. The molecule has 0 atom stereocenters. The number of hydrogen-bond acceptors (Lipinski definition) is 5. The van der Waals surface area contributed by atoms with Gasteiger partial charge in [-0.15, -0.1) is 0 Å². The minimum Gasteiger partial charge on any atom is -0.475 e. The van der Waals surface area contributed by atoms with E-state index in [2.05, 4.69) is 4.98 Å². The summed E-state index contributed by atoms with van der Waals surface area (Å²) in [5, 5.41) is 8.67. The van der Waals surface area contributed by atoms with Crippen molar-refractivity contribution in [1.29, 1.82) is 0 Å². The summed E-state index contributed by atoms with van der Waals surface area (Å²) >= 11 is 0. The molecule has 2 rings (SSSR count). The topological polar surface area (TPSA) is 86.9 Å². The van der Waals surface area contributed by atoms with Gasteiger partial charge in [0.25, 0.3) is 6.01 Å². The van der Waals surface area contributed by atoms with E-state index in [1.807, 2.05) is 0 Å². The first-order valence-corrected chi connectivity index (χ1v) is 5.59. The SMILES string of the molecule is O=C(O)c1cnc(N2CCN(C(=O)C(F)(F)F)CC2)o1. The van der Waals surface area contributed by atoms with Crippen molar-refractivity contribution in [1.82, 2.24) is 9.88 Å².